The van der Waals surface area contributed by atoms with Crippen LogP contribution in [0.25, 0.3) is 22.2 Å². The van der Waals surface area contributed by atoms with Gasteiger partial charge in [-0.3, -0.25) is 14.7 Å². The fraction of sp³-hybridized carbons (Fsp3) is 0.536. The van der Waals surface area contributed by atoms with Crippen molar-refractivity contribution < 1.29 is 13.9 Å². The summed E-state index contributed by atoms with van der Waals surface area (Å²) >= 11 is 0. The number of unbranched alkanes of at least 4 members (excludes halogenated alkanes) is 2. The molecule has 188 valence electrons. The first-order chi connectivity index (χ1) is 17.0. The third-order valence-corrected chi connectivity index (χ3v) is 7.00. The summed E-state index contributed by atoms with van der Waals surface area (Å²) in [6.07, 6.45) is 7.11. The Kier molecular flexibility index (Phi) is 8.52. The molecule has 1 aromatic carbocycles. The minimum Gasteiger partial charge on any atom is -0.496 e. The number of nitrogens with zero attached hydrogens (tertiary/aromatic N) is 3. The number of hydrogen-bond donors (Lipinski definition) is 1. The summed E-state index contributed by atoms with van der Waals surface area (Å²) in [5.41, 5.74) is 2.76. The Hall–Kier alpha value is -2.77. The molecule has 0 aliphatic carbocycles. The Balaban J connectivity index is 1.53. The first-order valence-electron chi connectivity index (χ1n) is 12.8. The molecule has 0 amide bonds. The van der Waals surface area contributed by atoms with Crippen LogP contribution in [0.5, 0.6) is 5.75 Å². The van der Waals surface area contributed by atoms with Crippen LogP contribution in [0.2, 0.25) is 0 Å². The van der Waals surface area contributed by atoms with E-state index in [4.69, 9.17) is 14.1 Å². The fourth-order valence-electron chi connectivity index (χ4n) is 4.74. The van der Waals surface area contributed by atoms with Crippen molar-refractivity contribution >= 4 is 16.7 Å². The predicted molar refractivity (Wildman–Crippen MR) is 139 cm³/mol. The van der Waals surface area contributed by atoms with Gasteiger partial charge < -0.3 is 14.5 Å². The highest BCUT2D eigenvalue weighted by Crippen LogP contribution is 2.36. The number of ether oxygens (including phenoxy) is 1. The van der Waals surface area contributed by atoms with Gasteiger partial charge in [0.1, 0.15) is 11.5 Å². The van der Waals surface area contributed by atoms with Crippen LogP contribution in [0, 0.1) is 12.8 Å². The van der Waals surface area contributed by atoms with E-state index in [0.29, 0.717) is 30.3 Å². The van der Waals surface area contributed by atoms with Crippen molar-refractivity contribution in [2.75, 3.05) is 33.8 Å². The molecule has 7 nitrogen and oxygen atoms in total. The van der Waals surface area contributed by atoms with Crippen LogP contribution in [0.3, 0.4) is 0 Å². The van der Waals surface area contributed by atoms with Crippen LogP contribution < -0.4 is 10.1 Å². The van der Waals surface area contributed by atoms with Crippen LogP contribution in [0.4, 0.5) is 0 Å². The van der Waals surface area contributed by atoms with E-state index in [0.717, 1.165) is 79.1 Å². The lowest BCUT2D eigenvalue weighted by atomic mass is 10.00. The minimum absolute atomic E-state index is 0.0991. The first kappa shape index (κ1) is 25.3. The summed E-state index contributed by atoms with van der Waals surface area (Å²) in [5, 5.41) is 4.40. The topological polar surface area (TPSA) is 80.5 Å². The van der Waals surface area contributed by atoms with Gasteiger partial charge in [0.05, 0.1) is 30.4 Å². The van der Waals surface area contributed by atoms with E-state index in [1.165, 1.54) is 0 Å². The van der Waals surface area contributed by atoms with Crippen LogP contribution >= 0.6 is 0 Å². The molecule has 1 aliphatic heterocycles. The van der Waals surface area contributed by atoms with Gasteiger partial charge in [0, 0.05) is 49.6 Å². The average molecular weight is 479 g/mol. The van der Waals surface area contributed by atoms with Crippen molar-refractivity contribution in [2.24, 2.45) is 5.92 Å². The van der Waals surface area contributed by atoms with Gasteiger partial charge in [0.25, 0.3) is 0 Å². The molecular formula is C28H38N4O3. The normalized spacial score (nSPS) is 14.9. The molecule has 1 aliphatic rings. The van der Waals surface area contributed by atoms with E-state index in [-0.39, 0.29) is 6.04 Å². The van der Waals surface area contributed by atoms with Gasteiger partial charge in [-0.25, -0.2) is 4.98 Å². The molecule has 0 unspecified atom stereocenters. The summed E-state index contributed by atoms with van der Waals surface area (Å²) < 4.78 is 12.1. The summed E-state index contributed by atoms with van der Waals surface area (Å²) in [5.74, 6) is 3.18. The van der Waals surface area contributed by atoms with Gasteiger partial charge >= 0.3 is 0 Å². The Morgan fingerprint density at radius 1 is 1.26 bits per heavy atom. The lowest BCUT2D eigenvalue weighted by Gasteiger charge is -2.34. The smallest absolute Gasteiger partial charge is 0.212 e. The zero-order chi connectivity index (χ0) is 24.8. The maximum Gasteiger partial charge on any atom is 0.212 e. The summed E-state index contributed by atoms with van der Waals surface area (Å²) in [7, 11) is 3.84. The standard InChI is InChI=1S/C28H38N4O3/c1-5-22(33)9-7-6-8-10-25(32(3)18-20-15-29-16-20)28-30-17-27(35-28)23-13-21-12-11-19(2)31-24(21)14-26(23)34-4/h11-14,17,20,25,29H,5-10,15-16,18H2,1-4H3/t25-/m0/s1. The van der Waals surface area contributed by atoms with E-state index >= 15 is 0 Å². The zero-order valence-electron chi connectivity index (χ0n) is 21.5. The number of rotatable bonds is 13. The molecule has 1 atom stereocenters. The number of nitrogens with one attached hydrogen (secondary N) is 1. The van der Waals surface area contributed by atoms with Crippen molar-refractivity contribution in [2.45, 2.75) is 58.4 Å². The van der Waals surface area contributed by atoms with E-state index in [1.807, 2.05) is 32.2 Å². The number of aromatic nitrogens is 2. The van der Waals surface area contributed by atoms with Crippen molar-refractivity contribution in [3.8, 4) is 17.1 Å². The molecule has 0 bridgehead atoms. The number of fused-ring (bicyclic) bond motifs is 1. The highest BCUT2D eigenvalue weighted by atomic mass is 16.5. The maximum absolute atomic E-state index is 11.6. The van der Waals surface area contributed by atoms with Gasteiger partial charge in [0.2, 0.25) is 5.89 Å². The number of hydrogen-bond acceptors (Lipinski definition) is 7. The average Bonchev–Trinajstić information content (AvgIpc) is 3.31. The van der Waals surface area contributed by atoms with Crippen LogP contribution in [0.15, 0.2) is 34.9 Å². The minimum atomic E-state index is 0.0991. The molecule has 0 spiro atoms. The molecule has 2 aromatic heterocycles. The number of benzene rings is 1. The highest BCUT2D eigenvalue weighted by molar-refractivity contribution is 5.87. The van der Waals surface area contributed by atoms with Gasteiger partial charge in [-0.1, -0.05) is 25.8 Å². The SMILES string of the molecule is CCC(=O)CCCCC[C@@H](c1ncc(-c2cc3ccc(C)nc3cc2OC)o1)N(C)CC1CNC1. The van der Waals surface area contributed by atoms with E-state index in [2.05, 4.69) is 34.4 Å². The molecule has 35 heavy (non-hydrogen) atoms. The van der Waals surface area contributed by atoms with Crippen molar-refractivity contribution in [1.29, 1.82) is 0 Å². The van der Waals surface area contributed by atoms with Gasteiger partial charge in [-0.05, 0) is 44.9 Å². The predicted octanol–water partition coefficient (Wildman–Crippen LogP) is 5.33. The highest BCUT2D eigenvalue weighted by Gasteiger charge is 2.27. The molecule has 1 N–H and O–H groups in total. The van der Waals surface area contributed by atoms with E-state index in [1.54, 1.807) is 7.11 Å². The monoisotopic (exact) mass is 478 g/mol. The number of aryl methyl sites for hydroxylation is 1. The number of oxazole rings is 1. The Labute approximate surface area is 208 Å². The fourth-order valence-corrected chi connectivity index (χ4v) is 4.74. The molecule has 0 saturated carbocycles. The Morgan fingerprint density at radius 3 is 2.80 bits per heavy atom. The van der Waals surface area contributed by atoms with Gasteiger partial charge in [-0.15, -0.1) is 0 Å². The second-order valence-corrected chi connectivity index (χ2v) is 9.73. The first-order valence-corrected chi connectivity index (χ1v) is 12.8. The summed E-state index contributed by atoms with van der Waals surface area (Å²) in [6, 6.07) is 8.21. The lowest BCUT2D eigenvalue weighted by Crippen LogP contribution is -2.48. The van der Waals surface area contributed by atoms with Crippen LogP contribution in [-0.4, -0.2) is 54.4 Å². The molecule has 4 rings (SSSR count). The van der Waals surface area contributed by atoms with Crippen molar-refractivity contribution in [3.05, 3.63) is 42.0 Å². The number of ketones is 1. The zero-order valence-corrected chi connectivity index (χ0v) is 21.5. The second-order valence-electron chi connectivity index (χ2n) is 9.73. The molecule has 3 heterocycles. The number of pyridine rings is 1. The maximum atomic E-state index is 11.6. The summed E-state index contributed by atoms with van der Waals surface area (Å²) in [6.45, 7) is 7.06. The van der Waals surface area contributed by atoms with Gasteiger partial charge in [0.15, 0.2) is 5.76 Å². The molecule has 0 radical (unpaired) electrons. The van der Waals surface area contributed by atoms with E-state index in [9.17, 15) is 4.79 Å². The van der Waals surface area contributed by atoms with Crippen molar-refractivity contribution in [1.82, 2.24) is 20.2 Å². The third-order valence-electron chi connectivity index (χ3n) is 7.00. The molecule has 1 saturated heterocycles. The third kappa shape index (κ3) is 6.27. The van der Waals surface area contributed by atoms with Gasteiger partial charge in [-0.2, -0.15) is 0 Å². The van der Waals surface area contributed by atoms with Crippen LogP contribution in [0.1, 0.15) is 63.1 Å². The quantitative estimate of drug-likeness (QED) is 0.333. The lowest BCUT2D eigenvalue weighted by molar-refractivity contribution is -0.118. The number of carbonyl (C=O) groups excluding carboxylic acids is 1. The Bertz CT molecular complexity index is 1140. The molecule has 7 heteroatoms. The molecule has 3 aromatic rings. The van der Waals surface area contributed by atoms with E-state index < -0.39 is 0 Å². The number of carbonyl (C=O) groups is 1. The molecule has 1 fully saturated rings. The van der Waals surface area contributed by atoms with Crippen LogP contribution in [-0.2, 0) is 4.79 Å². The number of methoxy groups -OCH3 is 1. The second kappa shape index (κ2) is 11.8. The number of Topliss-reactive ketones (excluding diaryl/α,β-unsaturated/α-hetero) is 1. The van der Waals surface area contributed by atoms with Crippen molar-refractivity contribution in [3.63, 3.8) is 0 Å². The largest absolute Gasteiger partial charge is 0.496 e. The summed E-state index contributed by atoms with van der Waals surface area (Å²) in [4.78, 5) is 23.4. The molecular weight excluding hydrogens is 440 g/mol. The Morgan fingerprint density at radius 2 is 2.09 bits per heavy atom.